The summed E-state index contributed by atoms with van der Waals surface area (Å²) in [7, 11) is -3.64. The van der Waals surface area contributed by atoms with Crippen LogP contribution in [0.5, 0.6) is 0 Å². The summed E-state index contributed by atoms with van der Waals surface area (Å²) in [5, 5.41) is 4.30. The van der Waals surface area contributed by atoms with Crippen LogP contribution < -0.4 is 9.62 Å². The SMILES string of the molecule is O=C1CCc2cc(S(=O)(=O)NCCn3cc(-c4cccnc4)cn3)cc3c2N1CC3. The highest BCUT2D eigenvalue weighted by Gasteiger charge is 2.32. The van der Waals surface area contributed by atoms with Crippen LogP contribution in [0.1, 0.15) is 17.5 Å². The third kappa shape index (κ3) is 3.40. The van der Waals surface area contributed by atoms with Gasteiger partial charge in [0.05, 0.1) is 23.3 Å². The summed E-state index contributed by atoms with van der Waals surface area (Å²) in [6.07, 6.45) is 8.81. The van der Waals surface area contributed by atoms with Crippen LogP contribution in [0.2, 0.25) is 0 Å². The second-order valence-electron chi connectivity index (χ2n) is 7.52. The first-order chi connectivity index (χ1) is 14.5. The van der Waals surface area contributed by atoms with Gasteiger partial charge in [0.25, 0.3) is 0 Å². The molecule has 154 valence electrons. The molecular weight excluding hydrogens is 402 g/mol. The number of carbonyl (C=O) groups is 1. The van der Waals surface area contributed by atoms with Crippen molar-refractivity contribution < 1.29 is 13.2 Å². The van der Waals surface area contributed by atoms with Crippen molar-refractivity contribution in [1.29, 1.82) is 0 Å². The van der Waals surface area contributed by atoms with E-state index in [9.17, 15) is 13.2 Å². The fourth-order valence-electron chi connectivity index (χ4n) is 4.13. The van der Waals surface area contributed by atoms with E-state index in [1.165, 1.54) is 0 Å². The van der Waals surface area contributed by atoms with Crippen molar-refractivity contribution in [2.75, 3.05) is 18.0 Å². The molecule has 3 aromatic rings. The molecule has 5 rings (SSSR count). The minimum absolute atomic E-state index is 0.125. The zero-order chi connectivity index (χ0) is 20.7. The van der Waals surface area contributed by atoms with Crippen LogP contribution in [0.15, 0.2) is 53.9 Å². The quantitative estimate of drug-likeness (QED) is 0.652. The second-order valence-corrected chi connectivity index (χ2v) is 9.28. The topological polar surface area (TPSA) is 97.2 Å². The van der Waals surface area contributed by atoms with E-state index in [2.05, 4.69) is 14.8 Å². The Kier molecular flexibility index (Phi) is 4.63. The van der Waals surface area contributed by atoms with E-state index in [1.807, 2.05) is 18.3 Å². The molecule has 0 spiro atoms. The molecule has 0 atom stereocenters. The predicted octanol–water partition coefficient (Wildman–Crippen LogP) is 1.76. The summed E-state index contributed by atoms with van der Waals surface area (Å²) < 4.78 is 30.1. The van der Waals surface area contributed by atoms with E-state index in [1.54, 1.807) is 40.3 Å². The largest absolute Gasteiger partial charge is 0.312 e. The van der Waals surface area contributed by atoms with Gasteiger partial charge in [0, 0.05) is 49.2 Å². The zero-order valence-corrected chi connectivity index (χ0v) is 17.1. The average molecular weight is 423 g/mol. The van der Waals surface area contributed by atoms with Gasteiger partial charge >= 0.3 is 0 Å². The Morgan fingerprint density at radius 2 is 1.90 bits per heavy atom. The molecule has 2 aliphatic rings. The van der Waals surface area contributed by atoms with Gasteiger partial charge in [0.1, 0.15) is 0 Å². The number of amides is 1. The number of hydrogen-bond donors (Lipinski definition) is 1. The normalized spacial score (nSPS) is 15.5. The number of pyridine rings is 1. The predicted molar refractivity (Wildman–Crippen MR) is 111 cm³/mol. The van der Waals surface area contributed by atoms with Crippen LogP contribution in [-0.2, 0) is 34.2 Å². The molecule has 0 radical (unpaired) electrons. The fourth-order valence-corrected chi connectivity index (χ4v) is 5.25. The van der Waals surface area contributed by atoms with E-state index >= 15 is 0 Å². The summed E-state index contributed by atoms with van der Waals surface area (Å²) in [6, 6.07) is 7.22. The van der Waals surface area contributed by atoms with Crippen molar-refractivity contribution in [3.05, 3.63) is 60.2 Å². The zero-order valence-electron chi connectivity index (χ0n) is 16.3. The molecule has 0 aliphatic carbocycles. The number of anilines is 1. The Morgan fingerprint density at radius 1 is 1.07 bits per heavy atom. The lowest BCUT2D eigenvalue weighted by molar-refractivity contribution is -0.118. The van der Waals surface area contributed by atoms with Gasteiger partial charge in [-0.1, -0.05) is 6.07 Å². The van der Waals surface area contributed by atoms with Gasteiger partial charge in [-0.15, -0.1) is 0 Å². The summed E-state index contributed by atoms with van der Waals surface area (Å²) in [4.78, 5) is 18.2. The molecule has 2 aromatic heterocycles. The Labute approximate surface area is 174 Å². The highest BCUT2D eigenvalue weighted by Crippen LogP contribution is 2.38. The maximum absolute atomic E-state index is 12.9. The van der Waals surface area contributed by atoms with Crippen LogP contribution in [0.3, 0.4) is 0 Å². The summed E-state index contributed by atoms with van der Waals surface area (Å²) >= 11 is 0. The van der Waals surface area contributed by atoms with E-state index in [4.69, 9.17) is 0 Å². The standard InChI is InChI=1S/C21H21N5O3S/c27-20-4-3-15-10-19(11-16-5-8-26(20)21(15)16)30(28,29)24-7-9-25-14-18(13-23-25)17-2-1-6-22-12-17/h1-2,6,10-14,24H,3-5,7-9H2. The first-order valence-corrected chi connectivity index (χ1v) is 11.4. The highest BCUT2D eigenvalue weighted by molar-refractivity contribution is 7.89. The first kappa shape index (κ1) is 19.0. The van der Waals surface area contributed by atoms with E-state index < -0.39 is 10.0 Å². The Bertz CT molecular complexity index is 1220. The molecule has 9 heteroatoms. The van der Waals surface area contributed by atoms with Crippen LogP contribution in [0.4, 0.5) is 5.69 Å². The van der Waals surface area contributed by atoms with Gasteiger partial charge in [0.15, 0.2) is 0 Å². The molecule has 0 saturated carbocycles. The van der Waals surface area contributed by atoms with Gasteiger partial charge in [-0.25, -0.2) is 13.1 Å². The summed E-state index contributed by atoms with van der Waals surface area (Å²) in [5.41, 5.74) is 4.70. The smallest absolute Gasteiger partial charge is 0.240 e. The maximum atomic E-state index is 12.9. The van der Waals surface area contributed by atoms with E-state index in [0.717, 1.165) is 27.9 Å². The van der Waals surface area contributed by atoms with Crippen LogP contribution in [-0.4, -0.2) is 42.2 Å². The number of aromatic nitrogens is 3. The molecule has 4 heterocycles. The third-order valence-corrected chi connectivity index (χ3v) is 7.04. The lowest BCUT2D eigenvalue weighted by Crippen LogP contribution is -2.33. The first-order valence-electron chi connectivity index (χ1n) is 9.90. The molecule has 0 fully saturated rings. The van der Waals surface area contributed by atoms with Crippen molar-refractivity contribution in [1.82, 2.24) is 19.5 Å². The Balaban J connectivity index is 1.28. The van der Waals surface area contributed by atoms with Gasteiger partial charge in [0.2, 0.25) is 15.9 Å². The number of nitrogens with zero attached hydrogens (tertiary/aromatic N) is 4. The fraction of sp³-hybridized carbons (Fsp3) is 0.286. The molecule has 0 unspecified atom stereocenters. The number of benzene rings is 1. The van der Waals surface area contributed by atoms with Gasteiger partial charge in [-0.05, 0) is 42.2 Å². The number of nitrogens with one attached hydrogen (secondary N) is 1. The molecule has 1 amide bonds. The molecule has 0 saturated heterocycles. The van der Waals surface area contributed by atoms with Gasteiger partial charge < -0.3 is 4.90 Å². The lowest BCUT2D eigenvalue weighted by Gasteiger charge is -2.25. The Hall–Kier alpha value is -3.04. The average Bonchev–Trinajstić information content (AvgIpc) is 3.39. The molecule has 8 nitrogen and oxygen atoms in total. The maximum Gasteiger partial charge on any atom is 0.240 e. The van der Waals surface area contributed by atoms with Crippen molar-refractivity contribution >= 4 is 21.6 Å². The van der Waals surface area contributed by atoms with Gasteiger partial charge in [-0.2, -0.15) is 5.10 Å². The Morgan fingerprint density at radius 3 is 2.70 bits per heavy atom. The minimum Gasteiger partial charge on any atom is -0.312 e. The summed E-state index contributed by atoms with van der Waals surface area (Å²) in [5.74, 6) is 0.125. The van der Waals surface area contributed by atoms with E-state index in [-0.39, 0.29) is 17.3 Å². The second kappa shape index (κ2) is 7.33. The van der Waals surface area contributed by atoms with E-state index in [0.29, 0.717) is 32.4 Å². The molecule has 30 heavy (non-hydrogen) atoms. The van der Waals surface area contributed by atoms with Crippen molar-refractivity contribution in [2.45, 2.75) is 30.7 Å². The van der Waals surface area contributed by atoms with Crippen LogP contribution >= 0.6 is 0 Å². The number of rotatable bonds is 6. The number of carbonyl (C=O) groups excluding carboxylic acids is 1. The number of hydrogen-bond acceptors (Lipinski definition) is 5. The number of sulfonamides is 1. The van der Waals surface area contributed by atoms with Crippen LogP contribution in [0, 0.1) is 0 Å². The van der Waals surface area contributed by atoms with Gasteiger partial charge in [-0.3, -0.25) is 14.5 Å². The molecule has 1 N–H and O–H groups in total. The number of aryl methyl sites for hydroxylation is 1. The molecular formula is C21H21N5O3S. The monoisotopic (exact) mass is 423 g/mol. The van der Waals surface area contributed by atoms with Crippen molar-refractivity contribution in [3.8, 4) is 11.1 Å². The minimum atomic E-state index is -3.64. The lowest BCUT2D eigenvalue weighted by atomic mass is 10.00. The highest BCUT2D eigenvalue weighted by atomic mass is 32.2. The molecule has 1 aromatic carbocycles. The van der Waals surface area contributed by atoms with Crippen molar-refractivity contribution in [3.63, 3.8) is 0 Å². The van der Waals surface area contributed by atoms with Crippen molar-refractivity contribution in [2.24, 2.45) is 0 Å². The molecule has 2 aliphatic heterocycles. The third-order valence-electron chi connectivity index (χ3n) is 5.60. The molecule has 0 bridgehead atoms. The van der Waals surface area contributed by atoms with Crippen LogP contribution in [0.25, 0.3) is 11.1 Å². The summed E-state index contributed by atoms with van der Waals surface area (Å²) in [6.45, 7) is 1.28.